The number of piperazine rings is 1. The Hall–Kier alpha value is -1.76. The molecule has 4 nitrogen and oxygen atoms in total. The Morgan fingerprint density at radius 2 is 1.91 bits per heavy atom. The van der Waals surface area contributed by atoms with Crippen molar-refractivity contribution in [1.29, 1.82) is 0 Å². The second-order valence-electron chi connectivity index (χ2n) is 5.87. The number of rotatable bonds is 4. The maximum Gasteiger partial charge on any atom is 0.405 e. The maximum atomic E-state index is 12.2. The van der Waals surface area contributed by atoms with E-state index in [2.05, 4.69) is 11.0 Å². The van der Waals surface area contributed by atoms with Gasteiger partial charge in [0, 0.05) is 31.9 Å². The predicted molar refractivity (Wildman–Crippen MR) is 83.5 cm³/mol. The lowest BCUT2D eigenvalue weighted by Crippen LogP contribution is -2.54. The van der Waals surface area contributed by atoms with Crippen LogP contribution in [0, 0.1) is 6.92 Å². The quantitative estimate of drug-likeness (QED) is 0.920. The van der Waals surface area contributed by atoms with E-state index in [4.69, 9.17) is 0 Å². The standard InChI is InChI=1S/C16H22F3N3O/c1-12-4-3-5-14(10-12)22-8-6-21(7-9-22)13(2)15(23)20-11-16(17,18)19/h3-5,10,13H,6-9,11H2,1-2H3,(H,20,23). The van der Waals surface area contributed by atoms with Gasteiger partial charge in [0.1, 0.15) is 6.54 Å². The van der Waals surface area contributed by atoms with E-state index in [1.807, 2.05) is 35.3 Å². The van der Waals surface area contributed by atoms with E-state index < -0.39 is 24.7 Å². The minimum absolute atomic E-state index is 0.558. The number of hydrogen-bond donors (Lipinski definition) is 1. The van der Waals surface area contributed by atoms with Crippen LogP contribution in [0.2, 0.25) is 0 Å². The van der Waals surface area contributed by atoms with Crippen molar-refractivity contribution in [1.82, 2.24) is 10.2 Å². The Balaban J connectivity index is 1.85. The molecule has 7 heteroatoms. The summed E-state index contributed by atoms with van der Waals surface area (Å²) < 4.78 is 36.5. The van der Waals surface area contributed by atoms with Crippen molar-refractivity contribution in [3.05, 3.63) is 29.8 Å². The first-order valence-electron chi connectivity index (χ1n) is 7.66. The zero-order valence-corrected chi connectivity index (χ0v) is 13.4. The second kappa shape index (κ2) is 7.21. The Bertz CT molecular complexity index is 540. The molecule has 1 aliphatic rings. The Labute approximate surface area is 134 Å². The summed E-state index contributed by atoms with van der Waals surface area (Å²) in [4.78, 5) is 16.0. The fourth-order valence-corrected chi connectivity index (χ4v) is 2.69. The first-order valence-corrected chi connectivity index (χ1v) is 7.66. The van der Waals surface area contributed by atoms with Gasteiger partial charge in [-0.3, -0.25) is 9.69 Å². The van der Waals surface area contributed by atoms with Gasteiger partial charge in [-0.25, -0.2) is 0 Å². The van der Waals surface area contributed by atoms with Gasteiger partial charge in [0.25, 0.3) is 0 Å². The fourth-order valence-electron chi connectivity index (χ4n) is 2.69. The average molecular weight is 329 g/mol. The number of hydrogen-bond acceptors (Lipinski definition) is 3. The summed E-state index contributed by atoms with van der Waals surface area (Å²) in [5.41, 5.74) is 2.32. The lowest BCUT2D eigenvalue weighted by atomic mass is 10.1. The average Bonchev–Trinajstić information content (AvgIpc) is 2.51. The van der Waals surface area contributed by atoms with E-state index >= 15 is 0 Å². The SMILES string of the molecule is Cc1cccc(N2CCN(C(C)C(=O)NCC(F)(F)F)CC2)c1. The van der Waals surface area contributed by atoms with Crippen molar-refractivity contribution < 1.29 is 18.0 Å². The molecule has 23 heavy (non-hydrogen) atoms. The highest BCUT2D eigenvalue weighted by Crippen LogP contribution is 2.19. The topological polar surface area (TPSA) is 35.6 Å². The van der Waals surface area contributed by atoms with Crippen molar-refractivity contribution >= 4 is 11.6 Å². The van der Waals surface area contributed by atoms with Crippen LogP contribution in [-0.2, 0) is 4.79 Å². The molecular formula is C16H22F3N3O. The number of alkyl halides is 3. The minimum Gasteiger partial charge on any atom is -0.369 e. The molecular weight excluding hydrogens is 307 g/mol. The number of nitrogens with one attached hydrogen (secondary N) is 1. The van der Waals surface area contributed by atoms with Crippen molar-refractivity contribution in [2.75, 3.05) is 37.6 Å². The van der Waals surface area contributed by atoms with Gasteiger partial charge in [0.2, 0.25) is 5.91 Å². The molecule has 1 aromatic rings. The molecule has 1 atom stereocenters. The van der Waals surface area contributed by atoms with Crippen molar-refractivity contribution in [3.63, 3.8) is 0 Å². The van der Waals surface area contributed by atoms with Crippen LogP contribution in [0.4, 0.5) is 18.9 Å². The van der Waals surface area contributed by atoms with Crippen LogP contribution in [0.5, 0.6) is 0 Å². The maximum absolute atomic E-state index is 12.2. The van der Waals surface area contributed by atoms with Gasteiger partial charge in [-0.1, -0.05) is 12.1 Å². The van der Waals surface area contributed by atoms with Crippen LogP contribution in [0.25, 0.3) is 0 Å². The largest absolute Gasteiger partial charge is 0.405 e. The molecule has 1 saturated heterocycles. The van der Waals surface area contributed by atoms with Gasteiger partial charge in [0.05, 0.1) is 6.04 Å². The Morgan fingerprint density at radius 1 is 1.26 bits per heavy atom. The normalized spacial score (nSPS) is 17.9. The molecule has 128 valence electrons. The van der Waals surface area contributed by atoms with Crippen LogP contribution in [0.3, 0.4) is 0 Å². The van der Waals surface area contributed by atoms with Crippen LogP contribution in [0.1, 0.15) is 12.5 Å². The van der Waals surface area contributed by atoms with Crippen molar-refractivity contribution in [3.8, 4) is 0 Å². The molecule has 0 aromatic heterocycles. The smallest absolute Gasteiger partial charge is 0.369 e. The molecule has 0 spiro atoms. The van der Waals surface area contributed by atoms with Gasteiger partial charge in [-0.15, -0.1) is 0 Å². The summed E-state index contributed by atoms with van der Waals surface area (Å²) >= 11 is 0. The summed E-state index contributed by atoms with van der Waals surface area (Å²) in [7, 11) is 0. The van der Waals surface area contributed by atoms with Gasteiger partial charge < -0.3 is 10.2 Å². The van der Waals surface area contributed by atoms with Gasteiger partial charge in [-0.2, -0.15) is 13.2 Å². The number of halogens is 3. The molecule has 1 heterocycles. The number of carbonyl (C=O) groups is 1. The Morgan fingerprint density at radius 3 is 2.48 bits per heavy atom. The minimum atomic E-state index is -4.38. The van der Waals surface area contributed by atoms with Crippen molar-refractivity contribution in [2.45, 2.75) is 26.1 Å². The second-order valence-corrected chi connectivity index (χ2v) is 5.87. The van der Waals surface area contributed by atoms with Crippen molar-refractivity contribution in [2.24, 2.45) is 0 Å². The Kier molecular flexibility index (Phi) is 5.51. The van der Waals surface area contributed by atoms with E-state index in [1.54, 1.807) is 6.92 Å². The van der Waals surface area contributed by atoms with Crippen LogP contribution < -0.4 is 10.2 Å². The molecule has 0 saturated carbocycles. The van der Waals surface area contributed by atoms with E-state index in [0.717, 1.165) is 18.8 Å². The number of anilines is 1. The molecule has 1 aromatic carbocycles. The molecule has 2 rings (SSSR count). The predicted octanol–water partition coefficient (Wildman–Crippen LogP) is 2.18. The number of aryl methyl sites for hydroxylation is 1. The van der Waals surface area contributed by atoms with Crippen LogP contribution in [-0.4, -0.2) is 55.7 Å². The molecule has 1 aliphatic heterocycles. The molecule has 0 radical (unpaired) electrons. The molecule has 1 N–H and O–H groups in total. The van der Waals surface area contributed by atoms with E-state index in [0.29, 0.717) is 13.1 Å². The number of nitrogens with zero attached hydrogens (tertiary/aromatic N) is 2. The van der Waals surface area contributed by atoms with Gasteiger partial charge >= 0.3 is 6.18 Å². The lowest BCUT2D eigenvalue weighted by molar-refractivity contribution is -0.141. The fraction of sp³-hybridized carbons (Fsp3) is 0.562. The summed E-state index contributed by atoms with van der Waals surface area (Å²) in [6.45, 7) is 5.20. The van der Waals surface area contributed by atoms with E-state index in [9.17, 15) is 18.0 Å². The monoisotopic (exact) mass is 329 g/mol. The highest BCUT2D eigenvalue weighted by Gasteiger charge is 2.31. The lowest BCUT2D eigenvalue weighted by Gasteiger charge is -2.38. The number of carbonyl (C=O) groups excluding carboxylic acids is 1. The summed E-state index contributed by atoms with van der Waals surface area (Å²) in [6.07, 6.45) is -4.38. The van der Waals surface area contributed by atoms with Crippen LogP contribution in [0.15, 0.2) is 24.3 Å². The number of amides is 1. The van der Waals surface area contributed by atoms with Gasteiger partial charge in [-0.05, 0) is 31.5 Å². The van der Waals surface area contributed by atoms with Crippen LogP contribution >= 0.6 is 0 Å². The summed E-state index contributed by atoms with van der Waals surface area (Å²) in [5, 5.41) is 1.95. The van der Waals surface area contributed by atoms with E-state index in [-0.39, 0.29) is 0 Å². The molecule has 0 aliphatic carbocycles. The molecule has 1 amide bonds. The molecule has 1 unspecified atom stereocenters. The summed E-state index contributed by atoms with van der Waals surface area (Å²) in [5.74, 6) is -0.577. The van der Waals surface area contributed by atoms with E-state index in [1.165, 1.54) is 5.56 Å². The first kappa shape index (κ1) is 17.6. The highest BCUT2D eigenvalue weighted by molar-refractivity contribution is 5.81. The third-order valence-corrected chi connectivity index (χ3v) is 4.07. The zero-order chi connectivity index (χ0) is 17.0. The third-order valence-electron chi connectivity index (χ3n) is 4.07. The first-order chi connectivity index (χ1) is 10.8. The van der Waals surface area contributed by atoms with Gasteiger partial charge in [0.15, 0.2) is 0 Å². The molecule has 0 bridgehead atoms. The molecule has 1 fully saturated rings. The third kappa shape index (κ3) is 5.13. The summed E-state index contributed by atoms with van der Waals surface area (Å²) in [6, 6.07) is 7.63. The zero-order valence-electron chi connectivity index (χ0n) is 13.4. The highest BCUT2D eigenvalue weighted by atomic mass is 19.4. The number of benzene rings is 1.